The summed E-state index contributed by atoms with van der Waals surface area (Å²) >= 11 is 0. The summed E-state index contributed by atoms with van der Waals surface area (Å²) in [4.78, 5) is 4.04. The Kier molecular flexibility index (Phi) is 4.30. The Bertz CT molecular complexity index is 373. The molecular formula is C12H16F2N2O2. The minimum absolute atomic E-state index is 0.0664. The van der Waals surface area contributed by atoms with Crippen molar-refractivity contribution < 1.29 is 18.3 Å². The molecule has 1 aromatic rings. The van der Waals surface area contributed by atoms with Gasteiger partial charge in [0.15, 0.2) is 0 Å². The Morgan fingerprint density at radius 3 is 2.78 bits per heavy atom. The number of rotatable bonds is 5. The van der Waals surface area contributed by atoms with Crippen LogP contribution in [-0.2, 0) is 4.74 Å². The zero-order chi connectivity index (χ0) is 13.0. The van der Waals surface area contributed by atoms with Crippen LogP contribution in [0.3, 0.4) is 0 Å². The standard InChI is InChI=1S/C12H16F2N2O2/c1-17-9-3-2-8(6-9)16-11-5-4-10(7-15-11)18-12(13)14/h4-5,7-9,12H,2-3,6H2,1H3,(H,15,16). The van der Waals surface area contributed by atoms with Gasteiger partial charge in [-0.3, -0.25) is 0 Å². The predicted molar refractivity (Wildman–Crippen MR) is 62.9 cm³/mol. The van der Waals surface area contributed by atoms with E-state index in [1.165, 1.54) is 12.3 Å². The molecule has 100 valence electrons. The van der Waals surface area contributed by atoms with Gasteiger partial charge in [-0.05, 0) is 31.4 Å². The molecule has 2 atom stereocenters. The fraction of sp³-hybridized carbons (Fsp3) is 0.583. The van der Waals surface area contributed by atoms with E-state index in [2.05, 4.69) is 15.0 Å². The SMILES string of the molecule is COC1CCC(Nc2ccc(OC(F)F)cn2)C1. The Hall–Kier alpha value is -1.43. The highest BCUT2D eigenvalue weighted by atomic mass is 19.3. The Morgan fingerprint density at radius 2 is 2.22 bits per heavy atom. The van der Waals surface area contributed by atoms with Crippen LogP contribution in [0.4, 0.5) is 14.6 Å². The Morgan fingerprint density at radius 1 is 1.39 bits per heavy atom. The first-order chi connectivity index (χ1) is 8.67. The molecule has 6 heteroatoms. The van der Waals surface area contributed by atoms with E-state index < -0.39 is 6.61 Å². The Labute approximate surface area is 104 Å². The van der Waals surface area contributed by atoms with Crippen LogP contribution in [0, 0.1) is 0 Å². The first-order valence-corrected chi connectivity index (χ1v) is 5.87. The van der Waals surface area contributed by atoms with E-state index in [0.29, 0.717) is 18.0 Å². The summed E-state index contributed by atoms with van der Waals surface area (Å²) in [6, 6.07) is 3.44. The summed E-state index contributed by atoms with van der Waals surface area (Å²) < 4.78 is 33.4. The molecule has 1 heterocycles. The van der Waals surface area contributed by atoms with Gasteiger partial charge in [-0.1, -0.05) is 0 Å². The van der Waals surface area contributed by atoms with Gasteiger partial charge >= 0.3 is 6.61 Å². The molecule has 0 spiro atoms. The van der Waals surface area contributed by atoms with Gasteiger partial charge in [0, 0.05) is 13.2 Å². The van der Waals surface area contributed by atoms with Gasteiger partial charge in [-0.15, -0.1) is 0 Å². The van der Waals surface area contributed by atoms with Crippen LogP contribution in [0.15, 0.2) is 18.3 Å². The van der Waals surface area contributed by atoms with Crippen LogP contribution in [0.25, 0.3) is 0 Å². The van der Waals surface area contributed by atoms with Gasteiger partial charge in [0.05, 0.1) is 12.3 Å². The number of hydrogen-bond donors (Lipinski definition) is 1. The number of ether oxygens (including phenoxy) is 2. The normalized spacial score (nSPS) is 23.3. The molecule has 0 aromatic carbocycles. The maximum atomic E-state index is 12.0. The van der Waals surface area contributed by atoms with E-state index >= 15 is 0 Å². The molecule has 2 unspecified atom stereocenters. The van der Waals surface area contributed by atoms with Crippen molar-refractivity contribution in [3.63, 3.8) is 0 Å². The second-order valence-electron chi connectivity index (χ2n) is 4.27. The molecule has 0 radical (unpaired) electrons. The number of halogens is 2. The van der Waals surface area contributed by atoms with Gasteiger partial charge in [-0.2, -0.15) is 8.78 Å². The fourth-order valence-corrected chi connectivity index (χ4v) is 2.13. The topological polar surface area (TPSA) is 43.4 Å². The zero-order valence-corrected chi connectivity index (χ0v) is 10.1. The number of methoxy groups -OCH3 is 1. The largest absolute Gasteiger partial charge is 0.433 e. The van der Waals surface area contributed by atoms with Gasteiger partial charge in [-0.25, -0.2) is 4.98 Å². The lowest BCUT2D eigenvalue weighted by atomic mass is 10.2. The van der Waals surface area contributed by atoms with E-state index in [1.54, 1.807) is 13.2 Å². The van der Waals surface area contributed by atoms with E-state index in [-0.39, 0.29) is 5.75 Å². The fourth-order valence-electron chi connectivity index (χ4n) is 2.13. The zero-order valence-electron chi connectivity index (χ0n) is 10.1. The summed E-state index contributed by atoms with van der Waals surface area (Å²) in [6.45, 7) is -2.82. The minimum Gasteiger partial charge on any atom is -0.433 e. The highest BCUT2D eigenvalue weighted by Crippen LogP contribution is 2.24. The summed E-state index contributed by atoms with van der Waals surface area (Å²) in [6.07, 6.45) is 4.57. The molecule has 1 aromatic heterocycles. The molecule has 4 nitrogen and oxygen atoms in total. The second-order valence-corrected chi connectivity index (χ2v) is 4.27. The van der Waals surface area contributed by atoms with Crippen LogP contribution < -0.4 is 10.1 Å². The highest BCUT2D eigenvalue weighted by Gasteiger charge is 2.24. The van der Waals surface area contributed by atoms with Crippen molar-refractivity contribution in [2.75, 3.05) is 12.4 Å². The number of alkyl halides is 2. The van der Waals surface area contributed by atoms with Crippen LogP contribution in [0.1, 0.15) is 19.3 Å². The number of anilines is 1. The summed E-state index contributed by atoms with van der Waals surface area (Å²) in [5.41, 5.74) is 0. The number of nitrogens with one attached hydrogen (secondary N) is 1. The van der Waals surface area contributed by atoms with E-state index in [1.807, 2.05) is 0 Å². The average molecular weight is 258 g/mol. The first kappa shape index (κ1) is 13.0. The number of nitrogens with zero attached hydrogens (tertiary/aromatic N) is 1. The van der Waals surface area contributed by atoms with Crippen LogP contribution in [-0.4, -0.2) is 30.9 Å². The highest BCUT2D eigenvalue weighted by molar-refractivity contribution is 5.38. The van der Waals surface area contributed by atoms with Crippen molar-refractivity contribution >= 4 is 5.82 Å². The van der Waals surface area contributed by atoms with Gasteiger partial charge in [0.1, 0.15) is 11.6 Å². The third-order valence-corrected chi connectivity index (χ3v) is 3.03. The lowest BCUT2D eigenvalue weighted by Crippen LogP contribution is -2.17. The van der Waals surface area contributed by atoms with Crippen molar-refractivity contribution in [1.29, 1.82) is 0 Å². The maximum Gasteiger partial charge on any atom is 0.387 e. The van der Waals surface area contributed by atoms with Crippen LogP contribution in [0.5, 0.6) is 5.75 Å². The quantitative estimate of drug-likeness (QED) is 0.881. The molecule has 1 saturated carbocycles. The van der Waals surface area contributed by atoms with Gasteiger partial charge < -0.3 is 14.8 Å². The van der Waals surface area contributed by atoms with E-state index in [4.69, 9.17) is 4.74 Å². The van der Waals surface area contributed by atoms with Crippen molar-refractivity contribution in [3.8, 4) is 5.75 Å². The summed E-state index contributed by atoms with van der Waals surface area (Å²) in [5.74, 6) is 0.732. The molecular weight excluding hydrogens is 242 g/mol. The molecule has 1 N–H and O–H groups in total. The smallest absolute Gasteiger partial charge is 0.387 e. The van der Waals surface area contributed by atoms with Crippen molar-refractivity contribution in [1.82, 2.24) is 4.98 Å². The maximum absolute atomic E-state index is 12.0. The van der Waals surface area contributed by atoms with Gasteiger partial charge in [0.2, 0.25) is 0 Å². The molecule has 18 heavy (non-hydrogen) atoms. The molecule has 0 aliphatic heterocycles. The number of hydrogen-bond acceptors (Lipinski definition) is 4. The molecule has 0 saturated heterocycles. The third-order valence-electron chi connectivity index (χ3n) is 3.03. The number of aromatic nitrogens is 1. The molecule has 1 fully saturated rings. The molecule has 2 rings (SSSR count). The van der Waals surface area contributed by atoms with Crippen molar-refractivity contribution in [2.45, 2.75) is 38.0 Å². The monoisotopic (exact) mass is 258 g/mol. The third kappa shape index (κ3) is 3.53. The Balaban J connectivity index is 1.87. The van der Waals surface area contributed by atoms with Crippen LogP contribution in [0.2, 0.25) is 0 Å². The molecule has 0 amide bonds. The van der Waals surface area contributed by atoms with E-state index in [9.17, 15) is 8.78 Å². The number of pyridine rings is 1. The molecule has 0 bridgehead atoms. The predicted octanol–water partition coefficient (Wildman–Crippen LogP) is 2.66. The van der Waals surface area contributed by atoms with Crippen molar-refractivity contribution in [3.05, 3.63) is 18.3 Å². The lowest BCUT2D eigenvalue weighted by molar-refractivity contribution is -0.0500. The molecule has 1 aliphatic rings. The van der Waals surface area contributed by atoms with Crippen molar-refractivity contribution in [2.24, 2.45) is 0 Å². The van der Waals surface area contributed by atoms with Crippen LogP contribution >= 0.6 is 0 Å². The van der Waals surface area contributed by atoms with Gasteiger partial charge in [0.25, 0.3) is 0 Å². The van der Waals surface area contributed by atoms with E-state index in [0.717, 1.165) is 19.3 Å². The minimum atomic E-state index is -2.82. The summed E-state index contributed by atoms with van der Waals surface area (Å²) in [7, 11) is 1.71. The second kappa shape index (κ2) is 5.95. The lowest BCUT2D eigenvalue weighted by Gasteiger charge is -2.13. The average Bonchev–Trinajstić information content (AvgIpc) is 2.79. The first-order valence-electron chi connectivity index (χ1n) is 5.87. The summed E-state index contributed by atoms with van der Waals surface area (Å²) in [5, 5.41) is 3.25. The molecule has 1 aliphatic carbocycles.